The van der Waals surface area contributed by atoms with Gasteiger partial charge in [-0.15, -0.1) is 11.8 Å². The van der Waals surface area contributed by atoms with Crippen LogP contribution in [0.15, 0.2) is 48.5 Å². The van der Waals surface area contributed by atoms with Gasteiger partial charge >= 0.3 is 0 Å². The number of hydrogen-bond acceptors (Lipinski definition) is 2. The number of rotatable bonds is 7. The number of aryl methyl sites for hydroxylation is 2. The molecule has 0 saturated heterocycles. The second-order valence-electron chi connectivity index (χ2n) is 5.91. The minimum Gasteiger partial charge on any atom is -0.355 e. The molecule has 2 rings (SSSR count). The van der Waals surface area contributed by atoms with E-state index in [1.807, 2.05) is 25.1 Å². The zero-order chi connectivity index (χ0) is 16.7. The molecule has 0 bridgehead atoms. The second kappa shape index (κ2) is 8.78. The molecule has 0 aromatic heterocycles. The first kappa shape index (κ1) is 17.6. The third-order valence-electron chi connectivity index (χ3n) is 3.92. The van der Waals surface area contributed by atoms with Crippen LogP contribution in [0.1, 0.15) is 29.2 Å². The smallest absolute Gasteiger partial charge is 0.232 e. The van der Waals surface area contributed by atoms with E-state index in [9.17, 15) is 4.79 Å². The van der Waals surface area contributed by atoms with Crippen molar-refractivity contribution in [3.8, 4) is 0 Å². The van der Waals surface area contributed by atoms with Crippen molar-refractivity contribution in [2.45, 2.75) is 38.2 Å². The minimum atomic E-state index is -0.0364. The molecule has 23 heavy (non-hydrogen) atoms. The van der Waals surface area contributed by atoms with E-state index in [2.05, 4.69) is 49.5 Å². The van der Waals surface area contributed by atoms with Crippen LogP contribution in [0.4, 0.5) is 0 Å². The maximum atomic E-state index is 12.2. The van der Waals surface area contributed by atoms with Crippen LogP contribution in [-0.2, 0) is 17.0 Å². The van der Waals surface area contributed by atoms with E-state index in [0.717, 1.165) is 12.2 Å². The first-order valence-corrected chi connectivity index (χ1v) is 9.10. The molecule has 0 heterocycles. The van der Waals surface area contributed by atoms with Gasteiger partial charge in [0.25, 0.3) is 0 Å². The molecular weight excluding hydrogens is 302 g/mol. The van der Waals surface area contributed by atoms with E-state index in [0.29, 0.717) is 6.54 Å². The van der Waals surface area contributed by atoms with E-state index in [1.165, 1.54) is 22.3 Å². The van der Waals surface area contributed by atoms with Gasteiger partial charge in [0.05, 0.1) is 5.25 Å². The van der Waals surface area contributed by atoms with Crippen molar-refractivity contribution < 1.29 is 4.79 Å². The fourth-order valence-electron chi connectivity index (χ4n) is 2.36. The number of amides is 1. The van der Waals surface area contributed by atoms with E-state index < -0.39 is 0 Å². The molecule has 0 aliphatic heterocycles. The Hall–Kier alpha value is -1.74. The highest BCUT2D eigenvalue weighted by molar-refractivity contribution is 7.99. The molecule has 2 aromatic carbocycles. The molecule has 3 heteroatoms. The van der Waals surface area contributed by atoms with Gasteiger partial charge in [0, 0.05) is 12.3 Å². The number of nitrogens with one attached hydrogen (secondary N) is 1. The van der Waals surface area contributed by atoms with Crippen LogP contribution in [0, 0.1) is 13.8 Å². The molecule has 1 N–H and O–H groups in total. The average Bonchev–Trinajstić information content (AvgIpc) is 2.56. The fraction of sp³-hybridized carbons (Fsp3) is 0.350. The molecule has 0 aliphatic carbocycles. The molecular formula is C20H25NOS. The predicted molar refractivity (Wildman–Crippen MR) is 99.8 cm³/mol. The molecule has 2 nitrogen and oxygen atoms in total. The Balaban J connectivity index is 1.75. The summed E-state index contributed by atoms with van der Waals surface area (Å²) in [5.74, 6) is 0.997. The summed E-state index contributed by atoms with van der Waals surface area (Å²) in [6, 6.07) is 16.7. The zero-order valence-corrected chi connectivity index (χ0v) is 15.0. The maximum Gasteiger partial charge on any atom is 0.232 e. The van der Waals surface area contributed by atoms with E-state index in [1.54, 1.807) is 11.8 Å². The Labute approximate surface area is 143 Å². The summed E-state index contributed by atoms with van der Waals surface area (Å²) in [4.78, 5) is 12.2. The zero-order valence-electron chi connectivity index (χ0n) is 14.1. The van der Waals surface area contributed by atoms with Gasteiger partial charge in [0.15, 0.2) is 0 Å². The van der Waals surface area contributed by atoms with Crippen molar-refractivity contribution in [2.75, 3.05) is 6.54 Å². The number of carbonyl (C=O) groups excluding carboxylic acids is 1. The van der Waals surface area contributed by atoms with E-state index >= 15 is 0 Å². The Bertz CT molecular complexity index is 639. The molecule has 0 saturated carbocycles. The summed E-state index contributed by atoms with van der Waals surface area (Å²) in [6.45, 7) is 6.90. The molecule has 0 radical (unpaired) electrons. The standard InChI is InChI=1S/C20H25NOS/c1-15-9-10-16(2)19(13-15)14-23-17(3)20(22)21-12-11-18-7-5-4-6-8-18/h4-10,13,17H,11-12,14H2,1-3H3,(H,21,22)/t17-/m0/s1. The Kier molecular flexibility index (Phi) is 6.72. The van der Waals surface area contributed by atoms with Crippen LogP contribution in [0.2, 0.25) is 0 Å². The third kappa shape index (κ3) is 5.76. The van der Waals surface area contributed by atoms with Crippen molar-refractivity contribution in [1.82, 2.24) is 5.32 Å². The second-order valence-corrected chi connectivity index (χ2v) is 7.24. The van der Waals surface area contributed by atoms with Crippen molar-refractivity contribution in [2.24, 2.45) is 0 Å². The number of benzene rings is 2. The highest BCUT2D eigenvalue weighted by Gasteiger charge is 2.13. The van der Waals surface area contributed by atoms with Crippen LogP contribution in [0.3, 0.4) is 0 Å². The largest absolute Gasteiger partial charge is 0.355 e. The van der Waals surface area contributed by atoms with Crippen molar-refractivity contribution in [3.05, 3.63) is 70.8 Å². The van der Waals surface area contributed by atoms with Gasteiger partial charge in [0.2, 0.25) is 5.91 Å². The van der Waals surface area contributed by atoms with Gasteiger partial charge in [-0.1, -0.05) is 54.1 Å². The quantitative estimate of drug-likeness (QED) is 0.822. The van der Waals surface area contributed by atoms with Crippen molar-refractivity contribution in [3.63, 3.8) is 0 Å². The van der Waals surface area contributed by atoms with E-state index in [-0.39, 0.29) is 11.2 Å². The normalized spacial score (nSPS) is 12.0. The Morgan fingerprint density at radius 3 is 2.61 bits per heavy atom. The third-order valence-corrected chi connectivity index (χ3v) is 5.11. The number of thioether (sulfide) groups is 1. The molecule has 2 aromatic rings. The molecule has 0 unspecified atom stereocenters. The lowest BCUT2D eigenvalue weighted by atomic mass is 10.1. The monoisotopic (exact) mass is 327 g/mol. The average molecular weight is 327 g/mol. The molecule has 1 atom stereocenters. The first-order valence-electron chi connectivity index (χ1n) is 8.05. The summed E-state index contributed by atoms with van der Waals surface area (Å²) in [5.41, 5.74) is 5.13. The molecule has 0 spiro atoms. The van der Waals surface area contributed by atoms with Gasteiger partial charge in [-0.2, -0.15) is 0 Å². The highest BCUT2D eigenvalue weighted by Crippen LogP contribution is 2.21. The summed E-state index contributed by atoms with van der Waals surface area (Å²) >= 11 is 1.69. The lowest BCUT2D eigenvalue weighted by Crippen LogP contribution is -2.32. The molecule has 122 valence electrons. The molecule has 1 amide bonds. The van der Waals surface area contributed by atoms with Crippen LogP contribution < -0.4 is 5.32 Å². The predicted octanol–water partition coefficient (Wildman–Crippen LogP) is 4.28. The lowest BCUT2D eigenvalue weighted by Gasteiger charge is -2.13. The summed E-state index contributed by atoms with van der Waals surface area (Å²) < 4.78 is 0. The van der Waals surface area contributed by atoms with Gasteiger partial charge in [-0.05, 0) is 43.9 Å². The molecule has 0 aliphatic rings. The summed E-state index contributed by atoms with van der Waals surface area (Å²) in [6.07, 6.45) is 0.876. The van der Waals surface area contributed by atoms with Crippen molar-refractivity contribution in [1.29, 1.82) is 0 Å². The minimum absolute atomic E-state index is 0.0364. The molecule has 0 fully saturated rings. The Morgan fingerprint density at radius 2 is 1.87 bits per heavy atom. The topological polar surface area (TPSA) is 29.1 Å². The SMILES string of the molecule is Cc1ccc(C)c(CS[C@@H](C)C(=O)NCCc2ccccc2)c1. The fourth-order valence-corrected chi connectivity index (χ4v) is 3.34. The van der Waals surface area contributed by atoms with Gasteiger partial charge in [-0.25, -0.2) is 0 Å². The van der Waals surface area contributed by atoms with Crippen LogP contribution in [0.5, 0.6) is 0 Å². The van der Waals surface area contributed by atoms with Crippen LogP contribution in [-0.4, -0.2) is 17.7 Å². The lowest BCUT2D eigenvalue weighted by molar-refractivity contribution is -0.120. The summed E-state index contributed by atoms with van der Waals surface area (Å²) in [7, 11) is 0. The number of hydrogen-bond donors (Lipinski definition) is 1. The van der Waals surface area contributed by atoms with Gasteiger partial charge < -0.3 is 5.32 Å². The van der Waals surface area contributed by atoms with Crippen LogP contribution >= 0.6 is 11.8 Å². The maximum absolute atomic E-state index is 12.2. The Morgan fingerprint density at radius 1 is 1.13 bits per heavy atom. The highest BCUT2D eigenvalue weighted by atomic mass is 32.2. The number of carbonyl (C=O) groups is 1. The summed E-state index contributed by atoms with van der Waals surface area (Å²) in [5, 5.41) is 3.00. The van der Waals surface area contributed by atoms with Crippen molar-refractivity contribution >= 4 is 17.7 Å². The van der Waals surface area contributed by atoms with Gasteiger partial charge in [0.1, 0.15) is 0 Å². The first-order chi connectivity index (χ1) is 11.1. The van der Waals surface area contributed by atoms with E-state index in [4.69, 9.17) is 0 Å². The van der Waals surface area contributed by atoms with Gasteiger partial charge in [-0.3, -0.25) is 4.79 Å². The van der Waals surface area contributed by atoms with Crippen LogP contribution in [0.25, 0.3) is 0 Å².